The Balaban J connectivity index is 1.56. The molecule has 0 saturated heterocycles. The molecular weight excluding hydrogens is 391 g/mol. The second kappa shape index (κ2) is 8.71. The van der Waals surface area contributed by atoms with Crippen LogP contribution in [0.5, 0.6) is 0 Å². The zero-order valence-corrected chi connectivity index (χ0v) is 16.3. The molecule has 0 radical (unpaired) electrons. The molecule has 0 aliphatic heterocycles. The Bertz CT molecular complexity index is 900. The monoisotopic (exact) mass is 406 g/mol. The molecule has 26 heavy (non-hydrogen) atoms. The van der Waals surface area contributed by atoms with Crippen molar-refractivity contribution in [2.24, 2.45) is 0 Å². The molecule has 0 bridgehead atoms. The first-order chi connectivity index (χ1) is 12.5. The first-order valence-electron chi connectivity index (χ1n) is 8.01. The van der Waals surface area contributed by atoms with E-state index in [1.807, 2.05) is 18.2 Å². The minimum absolute atomic E-state index is 0.0778. The Morgan fingerprint density at radius 3 is 2.62 bits per heavy atom. The van der Waals surface area contributed by atoms with Crippen LogP contribution in [-0.2, 0) is 6.42 Å². The zero-order chi connectivity index (χ0) is 18.5. The molecule has 134 valence electrons. The van der Waals surface area contributed by atoms with Gasteiger partial charge < -0.3 is 4.42 Å². The van der Waals surface area contributed by atoms with Crippen LogP contribution < -0.4 is 0 Å². The maximum Gasteiger partial charge on any atom is 0.277 e. The third-order valence-corrected chi connectivity index (χ3v) is 5.42. The molecule has 0 amide bonds. The highest BCUT2D eigenvalue weighted by Gasteiger charge is 2.15. The van der Waals surface area contributed by atoms with E-state index in [1.165, 1.54) is 17.3 Å². The Labute approximate surface area is 165 Å². The Hall–Kier alpha value is -1.82. The number of carbonyl (C=O) groups is 1. The van der Waals surface area contributed by atoms with Crippen molar-refractivity contribution in [3.05, 3.63) is 75.6 Å². The van der Waals surface area contributed by atoms with Gasteiger partial charge in [0.05, 0.1) is 15.8 Å². The van der Waals surface area contributed by atoms with E-state index >= 15 is 0 Å². The summed E-state index contributed by atoms with van der Waals surface area (Å²) in [4.78, 5) is 12.2. The van der Waals surface area contributed by atoms with E-state index in [0.29, 0.717) is 33.1 Å². The lowest BCUT2D eigenvalue weighted by Gasteiger charge is -2.08. The van der Waals surface area contributed by atoms with E-state index in [-0.39, 0.29) is 17.5 Å². The maximum absolute atomic E-state index is 12.2. The van der Waals surface area contributed by atoms with Crippen molar-refractivity contribution in [1.29, 1.82) is 0 Å². The number of carbonyl (C=O) groups excluding carboxylic acids is 1. The molecule has 1 unspecified atom stereocenters. The number of rotatable bonds is 7. The van der Waals surface area contributed by atoms with Gasteiger partial charge in [-0.15, -0.1) is 10.2 Å². The molecule has 4 nitrogen and oxygen atoms in total. The number of hydrogen-bond acceptors (Lipinski definition) is 5. The molecule has 1 aromatic heterocycles. The lowest BCUT2D eigenvalue weighted by atomic mass is 9.98. The van der Waals surface area contributed by atoms with E-state index in [1.54, 1.807) is 18.2 Å². The number of aromatic nitrogens is 2. The average molecular weight is 407 g/mol. The first kappa shape index (κ1) is 19.0. The van der Waals surface area contributed by atoms with Crippen molar-refractivity contribution in [3.63, 3.8) is 0 Å². The lowest BCUT2D eigenvalue weighted by molar-refractivity contribution is 0.102. The molecule has 3 rings (SSSR count). The summed E-state index contributed by atoms with van der Waals surface area (Å²) < 4.78 is 5.65. The van der Waals surface area contributed by atoms with E-state index in [4.69, 9.17) is 27.6 Å². The Morgan fingerprint density at radius 2 is 1.88 bits per heavy atom. The van der Waals surface area contributed by atoms with Gasteiger partial charge in [0, 0.05) is 12.0 Å². The molecule has 3 aromatic rings. The Kier molecular flexibility index (Phi) is 6.35. The van der Waals surface area contributed by atoms with Crippen molar-refractivity contribution < 1.29 is 9.21 Å². The molecule has 0 fully saturated rings. The number of halogens is 2. The molecule has 1 heterocycles. The molecule has 2 aromatic carbocycles. The fourth-order valence-corrected chi connectivity index (χ4v) is 3.39. The van der Waals surface area contributed by atoms with Crippen molar-refractivity contribution in [2.75, 3.05) is 5.75 Å². The van der Waals surface area contributed by atoms with Crippen LogP contribution in [0.2, 0.25) is 10.0 Å². The lowest BCUT2D eigenvalue weighted by Crippen LogP contribution is -2.02. The highest BCUT2D eigenvalue weighted by molar-refractivity contribution is 7.99. The summed E-state index contributed by atoms with van der Waals surface area (Å²) in [5, 5.41) is 9.24. The van der Waals surface area contributed by atoms with E-state index in [0.717, 1.165) is 0 Å². The Morgan fingerprint density at radius 1 is 1.12 bits per heavy atom. The molecule has 0 spiro atoms. The molecule has 0 aliphatic rings. The van der Waals surface area contributed by atoms with Gasteiger partial charge in [0.25, 0.3) is 5.22 Å². The predicted molar refractivity (Wildman–Crippen MR) is 104 cm³/mol. The van der Waals surface area contributed by atoms with Crippen molar-refractivity contribution in [2.45, 2.75) is 24.5 Å². The topological polar surface area (TPSA) is 56.0 Å². The minimum atomic E-state index is -0.0778. The van der Waals surface area contributed by atoms with Gasteiger partial charge >= 0.3 is 0 Å². The van der Waals surface area contributed by atoms with Gasteiger partial charge in [-0.2, -0.15) is 0 Å². The molecular formula is C19H16Cl2N2O2S. The smallest absolute Gasteiger partial charge is 0.277 e. The molecule has 0 aliphatic carbocycles. The highest BCUT2D eigenvalue weighted by Crippen LogP contribution is 2.25. The summed E-state index contributed by atoms with van der Waals surface area (Å²) >= 11 is 13.0. The normalized spacial score (nSPS) is 12.1. The fourth-order valence-electron chi connectivity index (χ4n) is 2.42. The minimum Gasteiger partial charge on any atom is -0.416 e. The van der Waals surface area contributed by atoms with Crippen LogP contribution in [-0.4, -0.2) is 21.7 Å². The predicted octanol–water partition coefficient (Wildman–Crippen LogP) is 5.70. The van der Waals surface area contributed by atoms with Gasteiger partial charge in [-0.3, -0.25) is 4.79 Å². The fraction of sp³-hybridized carbons (Fsp3) is 0.211. The number of Topliss-reactive ketones (excluding diaryl/α,β-unsaturated/α-hetero) is 1. The molecule has 0 N–H and O–H groups in total. The standard InChI is InChI=1S/C19H16Cl2N2O2S/c1-12(13-5-3-2-4-6-13)9-18-22-23-19(25-18)26-11-17(24)14-7-8-15(20)16(21)10-14/h2-8,10,12H,9,11H2,1H3. The van der Waals surface area contributed by atoms with Crippen LogP contribution in [0.1, 0.15) is 34.7 Å². The average Bonchev–Trinajstić information content (AvgIpc) is 3.10. The molecule has 1 atom stereocenters. The van der Waals surface area contributed by atoms with Gasteiger partial charge in [-0.1, -0.05) is 72.2 Å². The highest BCUT2D eigenvalue weighted by atomic mass is 35.5. The van der Waals surface area contributed by atoms with Crippen molar-refractivity contribution in [3.8, 4) is 0 Å². The largest absolute Gasteiger partial charge is 0.416 e. The second-order valence-corrected chi connectivity index (χ2v) is 7.56. The van der Waals surface area contributed by atoms with Gasteiger partial charge in [-0.25, -0.2) is 0 Å². The van der Waals surface area contributed by atoms with Crippen molar-refractivity contribution in [1.82, 2.24) is 10.2 Å². The second-order valence-electron chi connectivity index (χ2n) is 5.82. The number of nitrogens with zero attached hydrogens (tertiary/aromatic N) is 2. The summed E-state index contributed by atoms with van der Waals surface area (Å²) in [6.07, 6.45) is 0.651. The van der Waals surface area contributed by atoms with Gasteiger partial charge in [0.15, 0.2) is 5.78 Å². The number of ketones is 1. The van der Waals surface area contributed by atoms with Crippen LogP contribution in [0.15, 0.2) is 58.2 Å². The summed E-state index contributed by atoms with van der Waals surface area (Å²) in [5.74, 6) is 0.942. The van der Waals surface area contributed by atoms with Crippen LogP contribution in [0.4, 0.5) is 0 Å². The van der Waals surface area contributed by atoms with Crippen LogP contribution in [0.3, 0.4) is 0 Å². The van der Waals surface area contributed by atoms with E-state index < -0.39 is 0 Å². The van der Waals surface area contributed by atoms with Crippen LogP contribution in [0.25, 0.3) is 0 Å². The summed E-state index contributed by atoms with van der Waals surface area (Å²) in [6.45, 7) is 2.11. The third kappa shape index (κ3) is 4.87. The van der Waals surface area contributed by atoms with Gasteiger partial charge in [0.2, 0.25) is 5.89 Å². The summed E-state index contributed by atoms with van der Waals surface area (Å²) in [6, 6.07) is 15.0. The van der Waals surface area contributed by atoms with Gasteiger partial charge in [0.1, 0.15) is 0 Å². The third-order valence-electron chi connectivity index (χ3n) is 3.87. The number of benzene rings is 2. The zero-order valence-electron chi connectivity index (χ0n) is 14.0. The van der Waals surface area contributed by atoms with Crippen LogP contribution >= 0.6 is 35.0 Å². The summed E-state index contributed by atoms with van der Waals surface area (Å²) in [7, 11) is 0. The van der Waals surface area contributed by atoms with Crippen LogP contribution in [0, 0.1) is 0 Å². The maximum atomic E-state index is 12.2. The quantitative estimate of drug-likeness (QED) is 0.372. The van der Waals surface area contributed by atoms with Gasteiger partial charge in [-0.05, 0) is 29.7 Å². The SMILES string of the molecule is CC(Cc1nnc(SCC(=O)c2ccc(Cl)c(Cl)c2)o1)c1ccccc1. The molecule has 0 saturated carbocycles. The number of thioether (sulfide) groups is 1. The van der Waals surface area contributed by atoms with E-state index in [2.05, 4.69) is 29.3 Å². The first-order valence-corrected chi connectivity index (χ1v) is 9.75. The summed E-state index contributed by atoms with van der Waals surface area (Å²) in [5.41, 5.74) is 1.72. The molecule has 7 heteroatoms. The van der Waals surface area contributed by atoms with E-state index in [9.17, 15) is 4.79 Å². The number of hydrogen-bond donors (Lipinski definition) is 0. The van der Waals surface area contributed by atoms with Crippen molar-refractivity contribution >= 4 is 40.7 Å².